The van der Waals surface area contributed by atoms with Crippen LogP contribution in [0.2, 0.25) is 0 Å². The van der Waals surface area contributed by atoms with E-state index in [0.29, 0.717) is 12.8 Å². The lowest BCUT2D eigenvalue weighted by Gasteiger charge is -2.26. The number of benzene rings is 1. The van der Waals surface area contributed by atoms with Gasteiger partial charge in [-0.05, 0) is 43.4 Å². The summed E-state index contributed by atoms with van der Waals surface area (Å²) < 4.78 is 51.1. The molecule has 0 amide bonds. The van der Waals surface area contributed by atoms with E-state index in [0.717, 1.165) is 25.0 Å². The first-order valence-corrected chi connectivity index (χ1v) is 8.29. The van der Waals surface area contributed by atoms with Crippen LogP contribution in [0.25, 0.3) is 0 Å². The third kappa shape index (κ3) is 2.78. The van der Waals surface area contributed by atoms with E-state index in [4.69, 9.17) is 0 Å². The minimum Gasteiger partial charge on any atom is -0.299 e. The summed E-state index contributed by atoms with van der Waals surface area (Å²) in [4.78, 5) is 12.3. The van der Waals surface area contributed by atoms with Crippen molar-refractivity contribution in [2.75, 3.05) is 0 Å². The maximum absolute atomic E-state index is 13.2. The molecule has 3 rings (SSSR count). The molecule has 21 heavy (non-hydrogen) atoms. The molecule has 2 aliphatic rings. The summed E-state index contributed by atoms with van der Waals surface area (Å²) in [5.41, 5.74) is 0.149. The number of hydrogen-bond acceptors (Lipinski definition) is 2. The molecule has 0 aliphatic carbocycles. The Bertz CT molecular complexity index is 578. The van der Waals surface area contributed by atoms with E-state index in [1.54, 1.807) is 0 Å². The van der Waals surface area contributed by atoms with Gasteiger partial charge in [-0.3, -0.25) is 9.00 Å². The van der Waals surface area contributed by atoms with Crippen molar-refractivity contribution in [3.8, 4) is 0 Å². The van der Waals surface area contributed by atoms with Crippen LogP contribution in [0.5, 0.6) is 0 Å². The molecule has 2 nitrogen and oxygen atoms in total. The van der Waals surface area contributed by atoms with Crippen LogP contribution in [0.4, 0.5) is 13.2 Å². The van der Waals surface area contributed by atoms with Gasteiger partial charge in [-0.2, -0.15) is 0 Å². The molecule has 2 bridgehead atoms. The first-order valence-electron chi connectivity index (χ1n) is 7.01. The first-order chi connectivity index (χ1) is 9.95. The van der Waals surface area contributed by atoms with Gasteiger partial charge in [-0.25, -0.2) is 13.2 Å². The monoisotopic (exact) mass is 316 g/mol. The molecule has 0 aromatic heterocycles. The van der Waals surface area contributed by atoms with Gasteiger partial charge in [0.1, 0.15) is 5.78 Å². The molecule has 2 saturated heterocycles. The Morgan fingerprint density at radius 2 is 1.62 bits per heavy atom. The van der Waals surface area contributed by atoms with E-state index < -0.39 is 28.3 Å². The highest BCUT2D eigenvalue weighted by molar-refractivity contribution is 7.86. The summed E-state index contributed by atoms with van der Waals surface area (Å²) in [5, 5.41) is 0.166. The smallest absolute Gasteiger partial charge is 0.194 e. The Balaban J connectivity index is 1.71. The molecular weight excluding hydrogens is 301 g/mol. The molecule has 2 aliphatic heterocycles. The van der Waals surface area contributed by atoms with Crippen LogP contribution >= 0.6 is 0 Å². The molecule has 2 fully saturated rings. The third-order valence-electron chi connectivity index (χ3n) is 4.44. The molecule has 2 heterocycles. The zero-order valence-electron chi connectivity index (χ0n) is 11.3. The van der Waals surface area contributed by atoms with Crippen LogP contribution in [-0.4, -0.2) is 20.5 Å². The maximum atomic E-state index is 13.2. The average molecular weight is 316 g/mol. The van der Waals surface area contributed by atoms with E-state index in [-0.39, 0.29) is 34.2 Å². The Hall–Kier alpha value is -1.17. The second-order valence-electron chi connectivity index (χ2n) is 5.83. The molecule has 0 radical (unpaired) electrons. The van der Waals surface area contributed by atoms with Gasteiger partial charge in [0.05, 0.1) is 0 Å². The molecule has 114 valence electrons. The number of fused-ring (bicyclic) bond motifs is 2. The summed E-state index contributed by atoms with van der Waals surface area (Å²) >= 11 is 0. The fourth-order valence-electron chi connectivity index (χ4n) is 3.35. The molecule has 0 N–H and O–H groups in total. The summed E-state index contributed by atoms with van der Waals surface area (Å²) in [6.07, 6.45) is 2.86. The maximum Gasteiger partial charge on any atom is 0.194 e. The van der Waals surface area contributed by atoms with E-state index in [2.05, 4.69) is 0 Å². The molecule has 1 aromatic carbocycles. The number of carbonyl (C=O) groups excluding carboxylic acids is 1. The number of Topliss-reactive ketones (excluding diaryl/α,β-unsaturated/α-hetero) is 1. The van der Waals surface area contributed by atoms with Gasteiger partial charge in [-0.15, -0.1) is 0 Å². The van der Waals surface area contributed by atoms with Crippen molar-refractivity contribution < 1.29 is 22.2 Å². The predicted molar refractivity (Wildman–Crippen MR) is 72.7 cm³/mol. The number of ketones is 1. The Labute approximate surface area is 123 Å². The van der Waals surface area contributed by atoms with Gasteiger partial charge in [0.15, 0.2) is 17.5 Å². The fraction of sp³-hybridized carbons (Fsp3) is 0.533. The lowest BCUT2D eigenvalue weighted by Crippen LogP contribution is -2.33. The minimum absolute atomic E-state index is 0.0828. The average Bonchev–Trinajstić information content (AvgIpc) is 2.65. The summed E-state index contributed by atoms with van der Waals surface area (Å²) in [6, 6.07) is 1.73. The fourth-order valence-corrected chi connectivity index (χ4v) is 5.48. The van der Waals surface area contributed by atoms with Crippen LogP contribution in [-0.2, 0) is 22.0 Å². The van der Waals surface area contributed by atoms with Crippen LogP contribution in [0.15, 0.2) is 12.1 Å². The van der Waals surface area contributed by atoms with E-state index >= 15 is 0 Å². The summed E-state index contributed by atoms with van der Waals surface area (Å²) in [7, 11) is -0.835. The Kier molecular flexibility index (Phi) is 3.90. The van der Waals surface area contributed by atoms with Crippen molar-refractivity contribution in [3.05, 3.63) is 35.1 Å². The van der Waals surface area contributed by atoms with Gasteiger partial charge < -0.3 is 0 Å². The summed E-state index contributed by atoms with van der Waals surface area (Å²) in [5.74, 6) is -4.37. The second kappa shape index (κ2) is 5.55. The number of carbonyl (C=O) groups is 1. The number of hydrogen-bond donors (Lipinski definition) is 0. The van der Waals surface area contributed by atoms with E-state index in [1.165, 1.54) is 0 Å². The standard InChI is InChI=1S/C15H15F3O2S/c16-12-3-8(4-13(17)15(12)18)5-14(19)9-6-10-1-2-11(7-9)21(10)20/h3-4,9-11H,1-2,5-7H2. The van der Waals surface area contributed by atoms with Crippen molar-refractivity contribution in [2.24, 2.45) is 5.92 Å². The van der Waals surface area contributed by atoms with Gasteiger partial charge in [-0.1, -0.05) is 0 Å². The van der Waals surface area contributed by atoms with Gasteiger partial charge in [0.25, 0.3) is 0 Å². The lowest BCUT2D eigenvalue weighted by molar-refractivity contribution is -0.122. The molecule has 2 unspecified atom stereocenters. The summed E-state index contributed by atoms with van der Waals surface area (Å²) in [6.45, 7) is 0. The Morgan fingerprint density at radius 3 is 2.14 bits per heavy atom. The van der Waals surface area contributed by atoms with Crippen LogP contribution in [0.3, 0.4) is 0 Å². The van der Waals surface area contributed by atoms with Crippen molar-refractivity contribution in [2.45, 2.75) is 42.6 Å². The van der Waals surface area contributed by atoms with Crippen molar-refractivity contribution in [3.63, 3.8) is 0 Å². The molecule has 1 aromatic rings. The number of halogens is 3. The van der Waals surface area contributed by atoms with Crippen LogP contribution in [0, 0.1) is 23.4 Å². The van der Waals surface area contributed by atoms with Gasteiger partial charge >= 0.3 is 0 Å². The molecule has 6 heteroatoms. The Morgan fingerprint density at radius 1 is 1.10 bits per heavy atom. The lowest BCUT2D eigenvalue weighted by atomic mass is 9.91. The zero-order valence-corrected chi connectivity index (χ0v) is 12.1. The van der Waals surface area contributed by atoms with Crippen molar-refractivity contribution in [1.82, 2.24) is 0 Å². The molecule has 0 spiro atoms. The molecule has 2 atom stereocenters. The highest BCUT2D eigenvalue weighted by Crippen LogP contribution is 2.39. The highest BCUT2D eigenvalue weighted by atomic mass is 32.2. The molecular formula is C15H15F3O2S. The number of rotatable bonds is 3. The normalized spacial score (nSPS) is 31.4. The first kappa shape index (κ1) is 14.8. The minimum atomic E-state index is -1.52. The quantitative estimate of drug-likeness (QED) is 0.804. The molecule has 0 saturated carbocycles. The van der Waals surface area contributed by atoms with Crippen molar-refractivity contribution in [1.29, 1.82) is 0 Å². The van der Waals surface area contributed by atoms with Crippen LogP contribution < -0.4 is 0 Å². The topological polar surface area (TPSA) is 34.1 Å². The highest BCUT2D eigenvalue weighted by Gasteiger charge is 2.42. The van der Waals surface area contributed by atoms with Gasteiger partial charge in [0, 0.05) is 33.6 Å². The third-order valence-corrected chi connectivity index (χ3v) is 6.61. The zero-order chi connectivity index (χ0) is 15.1. The van der Waals surface area contributed by atoms with Crippen LogP contribution in [0.1, 0.15) is 31.2 Å². The predicted octanol–water partition coefficient (Wildman–Crippen LogP) is 2.91. The van der Waals surface area contributed by atoms with E-state index in [1.807, 2.05) is 0 Å². The SMILES string of the molecule is O=C(Cc1cc(F)c(F)c(F)c1)C1CC2CCC(C1)S2=O. The van der Waals surface area contributed by atoms with Crippen molar-refractivity contribution >= 4 is 16.6 Å². The largest absolute Gasteiger partial charge is 0.299 e. The second-order valence-corrected chi connectivity index (χ2v) is 7.83. The van der Waals surface area contributed by atoms with E-state index in [9.17, 15) is 22.2 Å². The van der Waals surface area contributed by atoms with Gasteiger partial charge in [0.2, 0.25) is 0 Å².